The number of para-hydroxylation sites is 1. The number of rotatable bonds is 6. The van der Waals surface area contributed by atoms with E-state index in [2.05, 4.69) is 6.07 Å². The molecule has 1 aliphatic rings. The van der Waals surface area contributed by atoms with Crippen LogP contribution in [0.1, 0.15) is 24.8 Å². The highest BCUT2D eigenvalue weighted by Gasteiger charge is 2.21. The topological polar surface area (TPSA) is 57.6 Å². The lowest BCUT2D eigenvalue weighted by Gasteiger charge is -2.29. The van der Waals surface area contributed by atoms with Crippen molar-refractivity contribution >= 4 is 29.3 Å². The highest BCUT2D eigenvalue weighted by molar-refractivity contribution is 7.99. The van der Waals surface area contributed by atoms with Gasteiger partial charge in [-0.25, -0.2) is 0 Å². The Morgan fingerprint density at radius 3 is 2.90 bits per heavy atom. The zero-order chi connectivity index (χ0) is 14.4. The van der Waals surface area contributed by atoms with Crippen molar-refractivity contribution in [3.63, 3.8) is 0 Å². The molecule has 20 heavy (non-hydrogen) atoms. The Morgan fingerprint density at radius 1 is 1.30 bits per heavy atom. The SMILES string of the molecule is O=C(O)CCCSCC(=O)N1CCCc2ccccc21. The molecule has 0 unspecified atom stereocenters. The number of fused-ring (bicyclic) bond motifs is 1. The van der Waals surface area contributed by atoms with Gasteiger partial charge in [-0.2, -0.15) is 11.8 Å². The van der Waals surface area contributed by atoms with Gasteiger partial charge in [0.1, 0.15) is 0 Å². The van der Waals surface area contributed by atoms with Gasteiger partial charge >= 0.3 is 5.97 Å². The van der Waals surface area contributed by atoms with E-state index in [0.717, 1.165) is 25.1 Å². The first kappa shape index (κ1) is 14.9. The lowest BCUT2D eigenvalue weighted by Crippen LogP contribution is -2.36. The quantitative estimate of drug-likeness (QED) is 0.819. The standard InChI is InChI=1S/C15H19NO3S/c17-14(11-20-10-4-8-15(18)19)16-9-3-6-12-5-1-2-7-13(12)16/h1-2,5,7H,3-4,6,8-11H2,(H,18,19). The molecule has 0 radical (unpaired) electrons. The molecule has 1 aromatic rings. The van der Waals surface area contributed by atoms with E-state index in [1.54, 1.807) is 0 Å². The number of nitrogens with zero attached hydrogens (tertiary/aromatic N) is 1. The maximum Gasteiger partial charge on any atom is 0.303 e. The van der Waals surface area contributed by atoms with E-state index >= 15 is 0 Å². The number of carboxylic acid groups (broad SMARTS) is 1. The Bertz CT molecular complexity index is 490. The summed E-state index contributed by atoms with van der Waals surface area (Å²) in [6, 6.07) is 8.05. The largest absolute Gasteiger partial charge is 0.481 e. The number of thioether (sulfide) groups is 1. The highest BCUT2D eigenvalue weighted by atomic mass is 32.2. The van der Waals surface area contributed by atoms with Gasteiger partial charge in [-0.15, -0.1) is 0 Å². The molecule has 0 aliphatic carbocycles. The molecule has 0 bridgehead atoms. The number of amides is 1. The lowest BCUT2D eigenvalue weighted by atomic mass is 10.0. The van der Waals surface area contributed by atoms with Gasteiger partial charge in [-0.1, -0.05) is 18.2 Å². The number of benzene rings is 1. The minimum absolute atomic E-state index is 0.123. The molecule has 4 nitrogen and oxygen atoms in total. The van der Waals surface area contributed by atoms with Crippen LogP contribution in [0, 0.1) is 0 Å². The second-order valence-corrected chi connectivity index (χ2v) is 5.93. The number of hydrogen-bond acceptors (Lipinski definition) is 3. The molecular formula is C15H19NO3S. The average molecular weight is 293 g/mol. The van der Waals surface area contributed by atoms with E-state index in [1.165, 1.54) is 17.3 Å². The molecule has 0 saturated heterocycles. The first-order valence-corrected chi connectivity index (χ1v) is 8.02. The predicted molar refractivity (Wildman–Crippen MR) is 81.3 cm³/mol. The first-order chi connectivity index (χ1) is 9.68. The van der Waals surface area contributed by atoms with E-state index in [9.17, 15) is 9.59 Å². The van der Waals surface area contributed by atoms with Crippen LogP contribution < -0.4 is 4.90 Å². The van der Waals surface area contributed by atoms with Crippen molar-refractivity contribution in [2.24, 2.45) is 0 Å². The smallest absolute Gasteiger partial charge is 0.303 e. The molecule has 1 heterocycles. The number of anilines is 1. The Morgan fingerprint density at radius 2 is 2.10 bits per heavy atom. The van der Waals surface area contributed by atoms with Crippen LogP contribution in [0.2, 0.25) is 0 Å². The Balaban J connectivity index is 1.83. The number of aryl methyl sites for hydroxylation is 1. The number of hydrogen-bond donors (Lipinski definition) is 1. The lowest BCUT2D eigenvalue weighted by molar-refractivity contribution is -0.137. The second-order valence-electron chi connectivity index (χ2n) is 4.83. The van der Waals surface area contributed by atoms with Gasteiger partial charge in [0, 0.05) is 18.7 Å². The van der Waals surface area contributed by atoms with Crippen molar-refractivity contribution in [1.29, 1.82) is 0 Å². The van der Waals surface area contributed by atoms with Crippen molar-refractivity contribution in [2.75, 3.05) is 23.0 Å². The van der Waals surface area contributed by atoms with Crippen LogP contribution in [0.4, 0.5) is 5.69 Å². The Labute approximate surface area is 123 Å². The van der Waals surface area contributed by atoms with Crippen molar-refractivity contribution in [3.8, 4) is 0 Å². The van der Waals surface area contributed by atoms with Crippen LogP contribution in [0.25, 0.3) is 0 Å². The normalized spacial score (nSPS) is 13.9. The summed E-state index contributed by atoms with van der Waals surface area (Å²) in [5, 5.41) is 8.55. The second kappa shape index (κ2) is 7.33. The van der Waals surface area contributed by atoms with Gasteiger partial charge < -0.3 is 10.0 Å². The molecule has 0 spiro atoms. The molecule has 1 aliphatic heterocycles. The summed E-state index contributed by atoms with van der Waals surface area (Å²) in [5.74, 6) is 0.487. The molecule has 2 rings (SSSR count). The summed E-state index contributed by atoms with van der Waals surface area (Å²) in [6.07, 6.45) is 2.83. The number of aliphatic carboxylic acids is 1. The van der Waals surface area contributed by atoms with Crippen LogP contribution in [-0.2, 0) is 16.0 Å². The summed E-state index contributed by atoms with van der Waals surface area (Å²) in [5.41, 5.74) is 2.28. The van der Waals surface area contributed by atoms with Gasteiger partial charge in [-0.05, 0) is 36.6 Å². The number of carboxylic acids is 1. The zero-order valence-electron chi connectivity index (χ0n) is 11.4. The summed E-state index contributed by atoms with van der Waals surface area (Å²) in [4.78, 5) is 24.5. The maximum atomic E-state index is 12.2. The zero-order valence-corrected chi connectivity index (χ0v) is 12.2. The summed E-state index contributed by atoms with van der Waals surface area (Å²) in [7, 11) is 0. The minimum Gasteiger partial charge on any atom is -0.481 e. The summed E-state index contributed by atoms with van der Waals surface area (Å²) < 4.78 is 0. The maximum absolute atomic E-state index is 12.2. The molecule has 1 amide bonds. The molecule has 108 valence electrons. The fraction of sp³-hybridized carbons (Fsp3) is 0.467. The van der Waals surface area contributed by atoms with Crippen molar-refractivity contribution in [1.82, 2.24) is 0 Å². The van der Waals surface area contributed by atoms with E-state index in [0.29, 0.717) is 17.9 Å². The molecule has 0 aromatic heterocycles. The molecule has 0 atom stereocenters. The van der Waals surface area contributed by atoms with Crippen LogP contribution >= 0.6 is 11.8 Å². The fourth-order valence-corrected chi connectivity index (χ4v) is 3.18. The van der Waals surface area contributed by atoms with Gasteiger partial charge in [-0.3, -0.25) is 9.59 Å². The molecule has 0 fully saturated rings. The summed E-state index contributed by atoms with van der Waals surface area (Å²) >= 11 is 1.52. The molecular weight excluding hydrogens is 274 g/mol. The van der Waals surface area contributed by atoms with Gasteiger partial charge in [0.15, 0.2) is 0 Å². The van der Waals surface area contributed by atoms with Crippen LogP contribution in [0.3, 0.4) is 0 Å². The third-order valence-corrected chi connectivity index (χ3v) is 4.34. The van der Waals surface area contributed by atoms with Crippen molar-refractivity contribution in [2.45, 2.75) is 25.7 Å². The highest BCUT2D eigenvalue weighted by Crippen LogP contribution is 2.27. The van der Waals surface area contributed by atoms with E-state index in [-0.39, 0.29) is 12.3 Å². The van der Waals surface area contributed by atoms with E-state index in [4.69, 9.17) is 5.11 Å². The van der Waals surface area contributed by atoms with E-state index in [1.807, 2.05) is 23.1 Å². The van der Waals surface area contributed by atoms with Crippen molar-refractivity contribution in [3.05, 3.63) is 29.8 Å². The van der Waals surface area contributed by atoms with Crippen LogP contribution in [0.15, 0.2) is 24.3 Å². The monoisotopic (exact) mass is 293 g/mol. The molecule has 1 aromatic carbocycles. The predicted octanol–water partition coefficient (Wildman–Crippen LogP) is 2.56. The molecule has 5 heteroatoms. The Hall–Kier alpha value is -1.49. The van der Waals surface area contributed by atoms with Gasteiger partial charge in [0.2, 0.25) is 5.91 Å². The third kappa shape index (κ3) is 4.00. The fourth-order valence-electron chi connectivity index (χ4n) is 2.36. The van der Waals surface area contributed by atoms with Gasteiger partial charge in [0.05, 0.1) is 5.75 Å². The third-order valence-electron chi connectivity index (χ3n) is 3.32. The molecule has 1 N–H and O–H groups in total. The van der Waals surface area contributed by atoms with Crippen LogP contribution in [0.5, 0.6) is 0 Å². The Kier molecular flexibility index (Phi) is 5.47. The van der Waals surface area contributed by atoms with Crippen molar-refractivity contribution < 1.29 is 14.7 Å². The first-order valence-electron chi connectivity index (χ1n) is 6.86. The van der Waals surface area contributed by atoms with Crippen LogP contribution in [-0.4, -0.2) is 35.0 Å². The number of carbonyl (C=O) groups is 2. The average Bonchev–Trinajstić information content (AvgIpc) is 2.45. The minimum atomic E-state index is -0.776. The molecule has 0 saturated carbocycles. The van der Waals surface area contributed by atoms with Gasteiger partial charge in [0.25, 0.3) is 0 Å². The number of carbonyl (C=O) groups excluding carboxylic acids is 1. The summed E-state index contributed by atoms with van der Waals surface area (Å²) in [6.45, 7) is 0.783. The van der Waals surface area contributed by atoms with E-state index < -0.39 is 5.97 Å².